The highest BCUT2D eigenvalue weighted by atomic mass is 35.5. The van der Waals surface area contributed by atoms with E-state index in [0.29, 0.717) is 6.54 Å². The number of hydrogen-bond donors (Lipinski definition) is 2. The monoisotopic (exact) mass is 441 g/mol. The number of carbonyl (C=O) groups excluding carboxylic acids is 1. The van der Waals surface area contributed by atoms with Crippen molar-refractivity contribution in [2.75, 3.05) is 24.5 Å². The largest absolute Gasteiger partial charge is 0.341 e. The smallest absolute Gasteiger partial charge is 0.267 e. The topological polar surface area (TPSA) is 53.6 Å². The van der Waals surface area contributed by atoms with Crippen molar-refractivity contribution in [3.63, 3.8) is 0 Å². The van der Waals surface area contributed by atoms with Crippen LogP contribution in [0.4, 0.5) is 5.69 Å². The standard InChI is InChI=1S/C25H32ClN3O2/c1-19(2)31-28-25(30)10-7-16-27-15-5-6-17-29-23-9-4-3-8-20(23)11-12-21-13-14-22(26)18-24(21)29/h3-4,7-10,12,14,18-19,27H,5-6,11,13,15-17H2,1-2H3,(H,28,30)/b10-7+. The van der Waals surface area contributed by atoms with Crippen LogP contribution in [0.3, 0.4) is 0 Å². The van der Waals surface area contributed by atoms with Crippen LogP contribution in [0, 0.1) is 0 Å². The fourth-order valence-corrected chi connectivity index (χ4v) is 3.85. The number of carbonyl (C=O) groups is 1. The number of hydroxylamine groups is 1. The Kier molecular flexibility index (Phi) is 8.95. The maximum absolute atomic E-state index is 11.5. The summed E-state index contributed by atoms with van der Waals surface area (Å²) in [4.78, 5) is 19.0. The summed E-state index contributed by atoms with van der Waals surface area (Å²) in [5.74, 6) is -0.243. The molecule has 0 spiro atoms. The summed E-state index contributed by atoms with van der Waals surface area (Å²) in [5.41, 5.74) is 7.59. The second-order valence-electron chi connectivity index (χ2n) is 7.98. The molecule has 1 aromatic rings. The molecule has 0 saturated carbocycles. The zero-order valence-electron chi connectivity index (χ0n) is 18.4. The molecular formula is C25H32ClN3O2. The van der Waals surface area contributed by atoms with Crippen molar-refractivity contribution in [2.24, 2.45) is 0 Å². The van der Waals surface area contributed by atoms with Gasteiger partial charge in [0.15, 0.2) is 0 Å². The maximum Gasteiger partial charge on any atom is 0.267 e. The van der Waals surface area contributed by atoms with Gasteiger partial charge in [-0.1, -0.05) is 48.0 Å². The molecule has 0 bridgehead atoms. The number of rotatable bonds is 10. The zero-order chi connectivity index (χ0) is 22.1. The van der Waals surface area contributed by atoms with Crippen LogP contribution in [0.15, 0.2) is 70.9 Å². The molecule has 1 aromatic carbocycles. The molecule has 1 amide bonds. The van der Waals surface area contributed by atoms with Gasteiger partial charge in [-0.3, -0.25) is 9.63 Å². The summed E-state index contributed by atoms with van der Waals surface area (Å²) >= 11 is 6.35. The third kappa shape index (κ3) is 7.10. The summed E-state index contributed by atoms with van der Waals surface area (Å²) in [6, 6.07) is 8.63. The fourth-order valence-electron chi connectivity index (χ4n) is 3.67. The Morgan fingerprint density at radius 3 is 2.90 bits per heavy atom. The second kappa shape index (κ2) is 11.9. The van der Waals surface area contributed by atoms with Crippen molar-refractivity contribution in [1.29, 1.82) is 0 Å². The van der Waals surface area contributed by atoms with Gasteiger partial charge in [0.05, 0.1) is 6.10 Å². The van der Waals surface area contributed by atoms with E-state index in [-0.39, 0.29) is 12.0 Å². The van der Waals surface area contributed by atoms with E-state index in [4.69, 9.17) is 16.4 Å². The number of nitrogens with one attached hydrogen (secondary N) is 2. The summed E-state index contributed by atoms with van der Waals surface area (Å²) in [6.45, 7) is 6.22. The van der Waals surface area contributed by atoms with Crippen LogP contribution in [-0.2, 0) is 16.1 Å². The summed E-state index contributed by atoms with van der Waals surface area (Å²) in [5, 5.41) is 4.17. The number of unbranched alkanes of at least 4 members (excludes halogenated alkanes) is 1. The molecule has 1 aliphatic carbocycles. The Hall–Kier alpha value is -2.34. The highest BCUT2D eigenvalue weighted by Crippen LogP contribution is 2.36. The van der Waals surface area contributed by atoms with Crippen LogP contribution >= 0.6 is 11.6 Å². The minimum atomic E-state index is -0.243. The first-order chi connectivity index (χ1) is 15.0. The van der Waals surface area contributed by atoms with E-state index >= 15 is 0 Å². The number of halogens is 1. The Morgan fingerprint density at radius 1 is 1.23 bits per heavy atom. The average molecular weight is 442 g/mol. The molecule has 166 valence electrons. The Bertz CT molecular complexity index is 887. The normalized spacial score (nSPS) is 15.7. The lowest BCUT2D eigenvalue weighted by Crippen LogP contribution is -2.27. The SMILES string of the molecule is CC(C)ONC(=O)/C=C/CNCCCCN1C2=CC(Cl)=CCC2=CCc2ccccc21. The van der Waals surface area contributed by atoms with E-state index in [0.717, 1.165) is 43.8 Å². The van der Waals surface area contributed by atoms with Crippen LogP contribution in [0.5, 0.6) is 0 Å². The lowest BCUT2D eigenvalue weighted by Gasteiger charge is -2.30. The predicted octanol–water partition coefficient (Wildman–Crippen LogP) is 4.77. The van der Waals surface area contributed by atoms with Crippen LogP contribution in [-0.4, -0.2) is 31.6 Å². The number of para-hydroxylation sites is 1. The van der Waals surface area contributed by atoms with Gasteiger partial charge in [-0.05, 0) is 69.4 Å². The molecular weight excluding hydrogens is 410 g/mol. The van der Waals surface area contributed by atoms with Gasteiger partial charge < -0.3 is 10.2 Å². The molecule has 0 unspecified atom stereocenters. The fraction of sp³-hybridized carbons (Fsp3) is 0.400. The predicted molar refractivity (Wildman–Crippen MR) is 128 cm³/mol. The van der Waals surface area contributed by atoms with Gasteiger partial charge in [0.25, 0.3) is 5.91 Å². The third-order valence-corrected chi connectivity index (χ3v) is 5.44. The first-order valence-corrected chi connectivity index (χ1v) is 11.4. The summed E-state index contributed by atoms with van der Waals surface area (Å²) < 4.78 is 0. The van der Waals surface area contributed by atoms with Crippen LogP contribution < -0.4 is 15.7 Å². The molecule has 3 rings (SSSR count). The van der Waals surface area contributed by atoms with Gasteiger partial charge in [0.2, 0.25) is 0 Å². The van der Waals surface area contributed by atoms with Crippen molar-refractivity contribution in [1.82, 2.24) is 10.8 Å². The van der Waals surface area contributed by atoms with Crippen molar-refractivity contribution in [2.45, 2.75) is 45.6 Å². The van der Waals surface area contributed by atoms with E-state index in [1.807, 2.05) is 19.9 Å². The lowest BCUT2D eigenvalue weighted by atomic mass is 10.0. The van der Waals surface area contributed by atoms with Crippen molar-refractivity contribution < 1.29 is 9.63 Å². The number of allylic oxidation sites excluding steroid dienone is 5. The number of benzene rings is 1. The van der Waals surface area contributed by atoms with Gasteiger partial charge in [-0.25, -0.2) is 5.48 Å². The van der Waals surface area contributed by atoms with Gasteiger partial charge in [-0.15, -0.1) is 0 Å². The molecule has 2 aliphatic rings. The second-order valence-corrected chi connectivity index (χ2v) is 8.42. The average Bonchev–Trinajstić information content (AvgIpc) is 2.91. The van der Waals surface area contributed by atoms with E-state index in [9.17, 15) is 4.79 Å². The van der Waals surface area contributed by atoms with E-state index in [1.54, 1.807) is 0 Å². The Balaban J connectivity index is 1.47. The number of anilines is 1. The van der Waals surface area contributed by atoms with E-state index < -0.39 is 0 Å². The molecule has 2 N–H and O–H groups in total. The summed E-state index contributed by atoms with van der Waals surface area (Å²) in [6.07, 6.45) is 13.7. The molecule has 1 aliphatic heterocycles. The minimum absolute atomic E-state index is 0.0327. The molecule has 0 fully saturated rings. The first-order valence-electron chi connectivity index (χ1n) is 11.0. The van der Waals surface area contributed by atoms with Gasteiger partial charge in [0, 0.05) is 35.6 Å². The van der Waals surface area contributed by atoms with Gasteiger partial charge in [-0.2, -0.15) is 0 Å². The molecule has 31 heavy (non-hydrogen) atoms. The molecule has 0 atom stereocenters. The van der Waals surface area contributed by atoms with Crippen LogP contribution in [0.1, 0.15) is 38.7 Å². The molecule has 0 radical (unpaired) electrons. The number of amides is 1. The number of hydrogen-bond acceptors (Lipinski definition) is 4. The molecule has 1 heterocycles. The van der Waals surface area contributed by atoms with Gasteiger partial charge in [0.1, 0.15) is 0 Å². The molecule has 6 heteroatoms. The Morgan fingerprint density at radius 2 is 2.06 bits per heavy atom. The van der Waals surface area contributed by atoms with Crippen molar-refractivity contribution in [3.8, 4) is 0 Å². The van der Waals surface area contributed by atoms with Crippen LogP contribution in [0.2, 0.25) is 0 Å². The van der Waals surface area contributed by atoms with Crippen LogP contribution in [0.25, 0.3) is 0 Å². The summed E-state index contributed by atoms with van der Waals surface area (Å²) in [7, 11) is 0. The molecule has 5 nitrogen and oxygen atoms in total. The highest BCUT2D eigenvalue weighted by molar-refractivity contribution is 6.31. The van der Waals surface area contributed by atoms with Crippen molar-refractivity contribution >= 4 is 23.2 Å². The van der Waals surface area contributed by atoms with E-state index in [2.05, 4.69) is 58.2 Å². The first kappa shape index (κ1) is 23.3. The Labute approximate surface area is 190 Å². The number of nitrogens with zero attached hydrogens (tertiary/aromatic N) is 1. The molecule has 0 aromatic heterocycles. The van der Waals surface area contributed by atoms with Crippen molar-refractivity contribution in [3.05, 3.63) is 76.5 Å². The van der Waals surface area contributed by atoms with E-state index in [1.165, 1.54) is 28.6 Å². The maximum atomic E-state index is 11.5. The number of fused-ring (bicyclic) bond motifs is 2. The highest BCUT2D eigenvalue weighted by Gasteiger charge is 2.22. The van der Waals surface area contributed by atoms with Gasteiger partial charge >= 0.3 is 0 Å². The third-order valence-electron chi connectivity index (χ3n) is 5.17. The quantitative estimate of drug-likeness (QED) is 0.312. The zero-order valence-corrected chi connectivity index (χ0v) is 19.1. The minimum Gasteiger partial charge on any atom is -0.341 e. The lowest BCUT2D eigenvalue weighted by molar-refractivity contribution is -0.131. The molecule has 0 saturated heterocycles.